The van der Waals surface area contributed by atoms with Crippen LogP contribution in [0.4, 0.5) is 4.79 Å². The molecule has 14 heavy (non-hydrogen) atoms. The zero-order valence-corrected chi connectivity index (χ0v) is 8.28. The first-order valence-electron chi connectivity index (χ1n) is 4.86. The van der Waals surface area contributed by atoms with Crippen molar-refractivity contribution in [1.82, 2.24) is 15.2 Å². The number of aliphatic hydroxyl groups excluding tert-OH is 1. The number of β-amino-alcohol motifs (C(OH)–C–C–N with tert-alkyl or cyclic N) is 1. The number of aliphatic hydroxyl groups is 1. The van der Waals surface area contributed by atoms with E-state index in [0.29, 0.717) is 13.1 Å². The minimum Gasteiger partial charge on any atom is -0.395 e. The number of nitrogens with one attached hydrogen (secondary N) is 1. The van der Waals surface area contributed by atoms with E-state index in [1.165, 1.54) is 0 Å². The second-order valence-corrected chi connectivity index (χ2v) is 3.36. The van der Waals surface area contributed by atoms with Gasteiger partial charge in [-0.25, -0.2) is 10.6 Å². The van der Waals surface area contributed by atoms with Crippen molar-refractivity contribution in [2.45, 2.75) is 6.42 Å². The van der Waals surface area contributed by atoms with Crippen LogP contribution in [-0.2, 0) is 0 Å². The third-order valence-electron chi connectivity index (χ3n) is 2.42. The fourth-order valence-electron chi connectivity index (χ4n) is 1.63. The van der Waals surface area contributed by atoms with Gasteiger partial charge in [-0.3, -0.25) is 10.3 Å². The van der Waals surface area contributed by atoms with Gasteiger partial charge in [0.1, 0.15) is 0 Å². The van der Waals surface area contributed by atoms with Gasteiger partial charge in [0.15, 0.2) is 0 Å². The molecule has 2 amide bonds. The Morgan fingerprint density at radius 3 is 2.79 bits per heavy atom. The van der Waals surface area contributed by atoms with Gasteiger partial charge in [0.2, 0.25) is 0 Å². The molecule has 0 atom stereocenters. The molecule has 0 aromatic carbocycles. The van der Waals surface area contributed by atoms with E-state index in [1.807, 2.05) is 0 Å². The molecule has 0 unspecified atom stereocenters. The average Bonchev–Trinajstić information content (AvgIpc) is 2.43. The Kier molecular flexibility index (Phi) is 4.64. The van der Waals surface area contributed by atoms with Crippen LogP contribution in [0.15, 0.2) is 0 Å². The van der Waals surface area contributed by atoms with Gasteiger partial charge < -0.3 is 10.0 Å². The number of carbonyl (C=O) groups excluding carboxylic acids is 1. The first kappa shape index (κ1) is 11.2. The zero-order valence-electron chi connectivity index (χ0n) is 8.28. The standard InChI is InChI=1S/C8H18N4O2/c9-10-8(14)12-3-1-2-11(4-5-12)6-7-13/h13H,1-7,9H2,(H,10,14). The lowest BCUT2D eigenvalue weighted by Gasteiger charge is -2.20. The van der Waals surface area contributed by atoms with Crippen molar-refractivity contribution in [1.29, 1.82) is 0 Å². The van der Waals surface area contributed by atoms with Crippen LogP contribution < -0.4 is 11.3 Å². The molecule has 1 saturated heterocycles. The molecule has 0 radical (unpaired) electrons. The molecule has 6 nitrogen and oxygen atoms in total. The van der Waals surface area contributed by atoms with Crippen LogP contribution in [0, 0.1) is 0 Å². The van der Waals surface area contributed by atoms with Crippen LogP contribution >= 0.6 is 0 Å². The van der Waals surface area contributed by atoms with Crippen LogP contribution in [0.2, 0.25) is 0 Å². The molecule has 4 N–H and O–H groups in total. The Hall–Kier alpha value is -0.850. The van der Waals surface area contributed by atoms with Gasteiger partial charge in [-0.05, 0) is 13.0 Å². The van der Waals surface area contributed by atoms with E-state index in [9.17, 15) is 4.79 Å². The van der Waals surface area contributed by atoms with Crippen molar-refractivity contribution in [3.8, 4) is 0 Å². The number of hydrogen-bond donors (Lipinski definition) is 3. The van der Waals surface area contributed by atoms with E-state index in [0.717, 1.165) is 26.1 Å². The molecule has 0 spiro atoms. The number of carbonyl (C=O) groups is 1. The molecule has 0 bridgehead atoms. The third-order valence-corrected chi connectivity index (χ3v) is 2.42. The predicted octanol–water partition coefficient (Wildman–Crippen LogP) is -1.43. The van der Waals surface area contributed by atoms with E-state index >= 15 is 0 Å². The van der Waals surface area contributed by atoms with E-state index in [4.69, 9.17) is 10.9 Å². The van der Waals surface area contributed by atoms with Gasteiger partial charge in [-0.1, -0.05) is 0 Å². The van der Waals surface area contributed by atoms with Gasteiger partial charge in [-0.2, -0.15) is 0 Å². The molecule has 1 rings (SSSR count). The summed E-state index contributed by atoms with van der Waals surface area (Å²) in [5.74, 6) is 5.05. The Morgan fingerprint density at radius 2 is 2.14 bits per heavy atom. The average molecular weight is 202 g/mol. The van der Waals surface area contributed by atoms with Crippen LogP contribution in [0.1, 0.15) is 6.42 Å². The largest absolute Gasteiger partial charge is 0.395 e. The highest BCUT2D eigenvalue weighted by molar-refractivity contribution is 5.73. The maximum atomic E-state index is 11.2. The predicted molar refractivity (Wildman–Crippen MR) is 52.4 cm³/mol. The van der Waals surface area contributed by atoms with Crippen LogP contribution in [0.3, 0.4) is 0 Å². The minimum atomic E-state index is -0.226. The fraction of sp³-hybridized carbons (Fsp3) is 0.875. The summed E-state index contributed by atoms with van der Waals surface area (Å²) >= 11 is 0. The number of nitrogens with zero attached hydrogens (tertiary/aromatic N) is 2. The molecular formula is C8H18N4O2. The lowest BCUT2D eigenvalue weighted by atomic mass is 10.4. The maximum absolute atomic E-state index is 11.2. The molecule has 1 aliphatic rings. The molecule has 1 fully saturated rings. The molecule has 0 aliphatic carbocycles. The molecule has 6 heteroatoms. The van der Waals surface area contributed by atoms with Crippen molar-refractivity contribution in [3.05, 3.63) is 0 Å². The molecule has 0 aromatic heterocycles. The van der Waals surface area contributed by atoms with Gasteiger partial charge in [-0.15, -0.1) is 0 Å². The highest BCUT2D eigenvalue weighted by Gasteiger charge is 2.17. The SMILES string of the molecule is NNC(=O)N1CCCN(CCO)CC1. The number of hydrogen-bond acceptors (Lipinski definition) is 4. The van der Waals surface area contributed by atoms with Crippen LogP contribution in [-0.4, -0.2) is 60.3 Å². The lowest BCUT2D eigenvalue weighted by molar-refractivity contribution is 0.189. The van der Waals surface area contributed by atoms with Crippen LogP contribution in [0.25, 0.3) is 0 Å². The summed E-state index contributed by atoms with van der Waals surface area (Å²) in [6, 6.07) is -0.226. The second kappa shape index (κ2) is 5.79. The number of hydrazine groups is 1. The third kappa shape index (κ3) is 3.13. The highest BCUT2D eigenvalue weighted by atomic mass is 16.3. The van der Waals surface area contributed by atoms with Crippen LogP contribution in [0.5, 0.6) is 0 Å². The Balaban J connectivity index is 2.36. The van der Waals surface area contributed by atoms with Crippen molar-refractivity contribution in [2.24, 2.45) is 5.84 Å². The summed E-state index contributed by atoms with van der Waals surface area (Å²) < 4.78 is 0. The second-order valence-electron chi connectivity index (χ2n) is 3.36. The van der Waals surface area contributed by atoms with E-state index in [-0.39, 0.29) is 12.6 Å². The van der Waals surface area contributed by atoms with E-state index < -0.39 is 0 Å². The summed E-state index contributed by atoms with van der Waals surface area (Å²) in [6.07, 6.45) is 0.924. The molecule has 0 aromatic rings. The first-order valence-corrected chi connectivity index (χ1v) is 4.86. The molecule has 82 valence electrons. The van der Waals surface area contributed by atoms with Crippen molar-refractivity contribution in [2.75, 3.05) is 39.3 Å². The van der Waals surface area contributed by atoms with Crippen molar-refractivity contribution >= 4 is 6.03 Å². The first-order chi connectivity index (χ1) is 6.77. The summed E-state index contributed by atoms with van der Waals surface area (Å²) in [5, 5.41) is 8.78. The van der Waals surface area contributed by atoms with Gasteiger partial charge in [0, 0.05) is 26.2 Å². The molecule has 1 aliphatic heterocycles. The molecule has 0 saturated carbocycles. The van der Waals surface area contributed by atoms with E-state index in [2.05, 4.69) is 10.3 Å². The maximum Gasteiger partial charge on any atom is 0.331 e. The van der Waals surface area contributed by atoms with Crippen molar-refractivity contribution < 1.29 is 9.90 Å². The fourth-order valence-corrected chi connectivity index (χ4v) is 1.63. The Bertz CT molecular complexity index is 188. The Labute approximate surface area is 83.6 Å². The smallest absolute Gasteiger partial charge is 0.331 e. The zero-order chi connectivity index (χ0) is 10.4. The van der Waals surface area contributed by atoms with E-state index in [1.54, 1.807) is 4.90 Å². The summed E-state index contributed by atoms with van der Waals surface area (Å²) in [7, 11) is 0. The van der Waals surface area contributed by atoms with Gasteiger partial charge >= 0.3 is 6.03 Å². The lowest BCUT2D eigenvalue weighted by Crippen LogP contribution is -2.45. The molecule has 1 heterocycles. The number of urea groups is 1. The number of amides is 2. The Morgan fingerprint density at radius 1 is 1.36 bits per heavy atom. The summed E-state index contributed by atoms with van der Waals surface area (Å²) in [4.78, 5) is 15.0. The number of nitrogens with two attached hydrogens (primary N) is 1. The number of rotatable bonds is 2. The van der Waals surface area contributed by atoms with Crippen molar-refractivity contribution in [3.63, 3.8) is 0 Å². The van der Waals surface area contributed by atoms with Gasteiger partial charge in [0.25, 0.3) is 0 Å². The minimum absolute atomic E-state index is 0.170. The highest BCUT2D eigenvalue weighted by Crippen LogP contribution is 2.02. The summed E-state index contributed by atoms with van der Waals surface area (Å²) in [5.41, 5.74) is 2.13. The monoisotopic (exact) mass is 202 g/mol. The topological polar surface area (TPSA) is 81.8 Å². The normalized spacial score (nSPS) is 19.1. The van der Waals surface area contributed by atoms with Gasteiger partial charge in [0.05, 0.1) is 6.61 Å². The quantitative estimate of drug-likeness (QED) is 0.291. The molecular weight excluding hydrogens is 184 g/mol. The summed E-state index contributed by atoms with van der Waals surface area (Å²) in [6.45, 7) is 3.97.